The summed E-state index contributed by atoms with van der Waals surface area (Å²) >= 11 is 0. The third-order valence-corrected chi connectivity index (χ3v) is 3.17. The molecule has 0 unspecified atom stereocenters. The van der Waals surface area contributed by atoms with Gasteiger partial charge in [-0.25, -0.2) is 0 Å². The molecular formula is C15H14N2O2. The van der Waals surface area contributed by atoms with Crippen LogP contribution in [-0.4, -0.2) is 21.8 Å². The molecule has 0 amide bonds. The fourth-order valence-electron chi connectivity index (χ4n) is 2.10. The number of aromatic hydroxyl groups is 1. The Morgan fingerprint density at radius 3 is 2.74 bits per heavy atom. The van der Waals surface area contributed by atoms with E-state index in [0.29, 0.717) is 0 Å². The van der Waals surface area contributed by atoms with E-state index < -0.39 is 0 Å². The van der Waals surface area contributed by atoms with Crippen LogP contribution in [0.1, 0.15) is 5.69 Å². The van der Waals surface area contributed by atoms with Gasteiger partial charge in [-0.3, -0.25) is 9.55 Å². The molecule has 1 N–H and O–H groups in total. The quantitative estimate of drug-likeness (QED) is 0.764. The number of fused-ring (bicyclic) bond motifs is 1. The number of nitrogens with zero attached hydrogens (tertiary/aromatic N) is 2. The summed E-state index contributed by atoms with van der Waals surface area (Å²) < 4.78 is 6.89. The minimum atomic E-state index is 0.194. The van der Waals surface area contributed by atoms with Crippen molar-refractivity contribution in [2.24, 2.45) is 0 Å². The summed E-state index contributed by atoms with van der Waals surface area (Å²) in [5.74, 6) is 0.919. The topological polar surface area (TPSA) is 47.3 Å². The van der Waals surface area contributed by atoms with Crippen LogP contribution in [0.2, 0.25) is 0 Å². The first-order chi connectivity index (χ1) is 9.19. The van der Waals surface area contributed by atoms with Crippen molar-refractivity contribution in [1.29, 1.82) is 0 Å². The molecule has 2 aromatic heterocycles. The van der Waals surface area contributed by atoms with Gasteiger partial charge in [0.25, 0.3) is 0 Å². The second kappa shape index (κ2) is 4.31. The van der Waals surface area contributed by atoms with Gasteiger partial charge in [0.2, 0.25) is 5.88 Å². The highest BCUT2D eigenvalue weighted by Gasteiger charge is 2.10. The molecule has 0 fully saturated rings. The Morgan fingerprint density at radius 2 is 2.05 bits per heavy atom. The number of benzene rings is 1. The standard InChI is InChI=1S/C15H14N2O2/c1-10-3-5-12(8-16-10)17-9-11-4-6-13(19-2)7-14(11)15(17)18/h3-9,18H,1-2H3. The summed E-state index contributed by atoms with van der Waals surface area (Å²) in [6.45, 7) is 1.93. The Kier molecular flexibility index (Phi) is 2.63. The van der Waals surface area contributed by atoms with Crippen molar-refractivity contribution in [3.05, 3.63) is 48.4 Å². The molecule has 3 rings (SSSR count). The lowest BCUT2D eigenvalue weighted by atomic mass is 10.2. The predicted octanol–water partition coefficient (Wildman–Crippen LogP) is 3.05. The smallest absolute Gasteiger partial charge is 0.203 e. The summed E-state index contributed by atoms with van der Waals surface area (Å²) in [6.07, 6.45) is 3.63. The maximum Gasteiger partial charge on any atom is 0.203 e. The fourth-order valence-corrected chi connectivity index (χ4v) is 2.10. The summed E-state index contributed by atoms with van der Waals surface area (Å²) in [5, 5.41) is 12.0. The van der Waals surface area contributed by atoms with Crippen LogP contribution in [-0.2, 0) is 0 Å². The third-order valence-electron chi connectivity index (χ3n) is 3.17. The minimum Gasteiger partial charge on any atom is -0.497 e. The zero-order valence-corrected chi connectivity index (χ0v) is 10.8. The second-order valence-electron chi connectivity index (χ2n) is 4.43. The second-order valence-corrected chi connectivity index (χ2v) is 4.43. The lowest BCUT2D eigenvalue weighted by Crippen LogP contribution is -1.92. The lowest BCUT2D eigenvalue weighted by molar-refractivity contribution is 0.414. The van der Waals surface area contributed by atoms with E-state index in [2.05, 4.69) is 4.98 Å². The van der Waals surface area contributed by atoms with E-state index in [1.807, 2.05) is 43.5 Å². The van der Waals surface area contributed by atoms with E-state index in [-0.39, 0.29) is 5.88 Å². The number of hydrogen-bond acceptors (Lipinski definition) is 3. The zero-order valence-electron chi connectivity index (χ0n) is 10.8. The molecule has 0 aliphatic heterocycles. The molecule has 0 aliphatic rings. The molecule has 3 aromatic rings. The number of pyridine rings is 1. The number of ether oxygens (including phenoxy) is 1. The number of rotatable bonds is 2. The van der Waals surface area contributed by atoms with Crippen molar-refractivity contribution >= 4 is 10.8 Å². The Hall–Kier alpha value is -2.49. The highest BCUT2D eigenvalue weighted by molar-refractivity contribution is 5.90. The van der Waals surface area contributed by atoms with Gasteiger partial charge in [0.1, 0.15) is 5.75 Å². The van der Waals surface area contributed by atoms with Crippen LogP contribution in [0.4, 0.5) is 0 Å². The lowest BCUT2D eigenvalue weighted by Gasteiger charge is -2.04. The maximum atomic E-state index is 10.3. The van der Waals surface area contributed by atoms with Crippen molar-refractivity contribution in [3.8, 4) is 17.3 Å². The molecule has 0 saturated heterocycles. The number of aromatic nitrogens is 2. The van der Waals surface area contributed by atoms with Gasteiger partial charge in [-0.1, -0.05) is 0 Å². The molecule has 4 heteroatoms. The summed E-state index contributed by atoms with van der Waals surface area (Å²) in [4.78, 5) is 4.24. The summed E-state index contributed by atoms with van der Waals surface area (Å²) in [7, 11) is 1.61. The number of methoxy groups -OCH3 is 1. The van der Waals surface area contributed by atoms with Crippen LogP contribution in [0.3, 0.4) is 0 Å². The predicted molar refractivity (Wildman–Crippen MR) is 74.0 cm³/mol. The van der Waals surface area contributed by atoms with Crippen LogP contribution in [0, 0.1) is 6.92 Å². The average Bonchev–Trinajstić information content (AvgIpc) is 2.76. The molecule has 0 radical (unpaired) electrons. The third kappa shape index (κ3) is 1.91. The van der Waals surface area contributed by atoms with Crippen molar-refractivity contribution in [2.75, 3.05) is 7.11 Å². The van der Waals surface area contributed by atoms with Gasteiger partial charge in [0.05, 0.1) is 19.0 Å². The Labute approximate surface area is 110 Å². The van der Waals surface area contributed by atoms with E-state index in [9.17, 15) is 5.11 Å². The van der Waals surface area contributed by atoms with Gasteiger partial charge in [0.15, 0.2) is 0 Å². The first-order valence-corrected chi connectivity index (χ1v) is 6.00. The van der Waals surface area contributed by atoms with Gasteiger partial charge < -0.3 is 9.84 Å². The molecular weight excluding hydrogens is 240 g/mol. The van der Waals surface area contributed by atoms with Crippen molar-refractivity contribution in [2.45, 2.75) is 6.92 Å². The largest absolute Gasteiger partial charge is 0.497 e. The molecule has 0 saturated carbocycles. The molecule has 1 aromatic carbocycles. The number of aryl methyl sites for hydroxylation is 1. The van der Waals surface area contributed by atoms with Crippen LogP contribution in [0.5, 0.6) is 11.6 Å². The molecule has 0 aliphatic carbocycles. The summed E-state index contributed by atoms with van der Waals surface area (Å²) in [6, 6.07) is 9.46. The van der Waals surface area contributed by atoms with Gasteiger partial charge in [-0.15, -0.1) is 0 Å². The monoisotopic (exact) mass is 254 g/mol. The van der Waals surface area contributed by atoms with Gasteiger partial charge in [-0.2, -0.15) is 0 Å². The first kappa shape index (κ1) is 11.6. The Morgan fingerprint density at radius 1 is 1.21 bits per heavy atom. The van der Waals surface area contributed by atoms with E-state index in [0.717, 1.165) is 27.9 Å². The average molecular weight is 254 g/mol. The van der Waals surface area contributed by atoms with E-state index in [1.54, 1.807) is 17.9 Å². The SMILES string of the molecule is COc1ccc2cn(-c3ccc(C)nc3)c(O)c2c1. The van der Waals surface area contributed by atoms with Gasteiger partial charge >= 0.3 is 0 Å². The highest BCUT2D eigenvalue weighted by atomic mass is 16.5. The van der Waals surface area contributed by atoms with Crippen LogP contribution >= 0.6 is 0 Å². The van der Waals surface area contributed by atoms with Crippen molar-refractivity contribution in [1.82, 2.24) is 9.55 Å². The number of hydrogen-bond donors (Lipinski definition) is 1. The molecule has 96 valence electrons. The van der Waals surface area contributed by atoms with E-state index in [4.69, 9.17) is 4.74 Å². The van der Waals surface area contributed by atoms with Crippen LogP contribution < -0.4 is 4.74 Å². The van der Waals surface area contributed by atoms with Crippen LogP contribution in [0.25, 0.3) is 16.5 Å². The molecule has 19 heavy (non-hydrogen) atoms. The van der Waals surface area contributed by atoms with E-state index in [1.165, 1.54) is 0 Å². The van der Waals surface area contributed by atoms with E-state index >= 15 is 0 Å². The van der Waals surface area contributed by atoms with Crippen molar-refractivity contribution in [3.63, 3.8) is 0 Å². The Balaban J connectivity index is 2.19. The zero-order chi connectivity index (χ0) is 13.4. The Bertz CT molecular complexity index is 730. The molecule has 0 spiro atoms. The minimum absolute atomic E-state index is 0.194. The normalized spacial score (nSPS) is 10.8. The maximum absolute atomic E-state index is 10.3. The van der Waals surface area contributed by atoms with Gasteiger partial charge in [0, 0.05) is 22.7 Å². The first-order valence-electron chi connectivity index (χ1n) is 6.00. The molecule has 4 nitrogen and oxygen atoms in total. The van der Waals surface area contributed by atoms with Crippen LogP contribution in [0.15, 0.2) is 42.7 Å². The summed E-state index contributed by atoms with van der Waals surface area (Å²) in [5.41, 5.74) is 1.78. The molecule has 2 heterocycles. The van der Waals surface area contributed by atoms with Gasteiger partial charge in [-0.05, 0) is 37.3 Å². The fraction of sp³-hybridized carbons (Fsp3) is 0.133. The van der Waals surface area contributed by atoms with Crippen molar-refractivity contribution < 1.29 is 9.84 Å². The highest BCUT2D eigenvalue weighted by Crippen LogP contribution is 2.32. The molecule has 0 bridgehead atoms. The molecule has 0 atom stereocenters.